The predicted octanol–water partition coefficient (Wildman–Crippen LogP) is 2.55. The van der Waals surface area contributed by atoms with Crippen LogP contribution in [0.2, 0.25) is 0 Å². The van der Waals surface area contributed by atoms with E-state index >= 15 is 0 Å². The summed E-state index contributed by atoms with van der Waals surface area (Å²) in [6.07, 6.45) is 3.52. The lowest BCUT2D eigenvalue weighted by molar-refractivity contribution is 0.198. The molecule has 1 aromatic rings. The highest BCUT2D eigenvalue weighted by molar-refractivity contribution is 5.79. The van der Waals surface area contributed by atoms with Gasteiger partial charge in [-0.15, -0.1) is 0 Å². The summed E-state index contributed by atoms with van der Waals surface area (Å²) in [4.78, 5) is 9.33. The number of piperidine rings is 1. The molecule has 2 rings (SSSR count). The highest BCUT2D eigenvalue weighted by Crippen LogP contribution is 2.13. The zero-order valence-corrected chi connectivity index (χ0v) is 17.0. The SMILES string of the molecule is CCC(C)N(C)CCNC(=NC)NC1CCN(Cc2ccccc2)CC1. The standard InChI is InChI=1S/C21H37N5/c1-5-18(2)25(4)16-13-23-21(22-3)24-20-11-14-26(15-12-20)17-19-9-7-6-8-10-19/h6-10,18,20H,5,11-17H2,1-4H3,(H2,22,23,24). The van der Waals surface area contributed by atoms with Crippen LogP contribution in [0, 0.1) is 0 Å². The summed E-state index contributed by atoms with van der Waals surface area (Å²) in [6, 6.07) is 11.9. The van der Waals surface area contributed by atoms with Crippen molar-refractivity contribution in [2.45, 2.75) is 51.7 Å². The van der Waals surface area contributed by atoms with Gasteiger partial charge in [-0.25, -0.2) is 0 Å². The molecule has 0 aliphatic carbocycles. The fourth-order valence-electron chi connectivity index (χ4n) is 3.35. The number of hydrogen-bond acceptors (Lipinski definition) is 3. The highest BCUT2D eigenvalue weighted by atomic mass is 15.2. The number of guanidine groups is 1. The van der Waals surface area contributed by atoms with Crippen molar-refractivity contribution in [3.63, 3.8) is 0 Å². The summed E-state index contributed by atoms with van der Waals surface area (Å²) in [5.41, 5.74) is 1.40. The summed E-state index contributed by atoms with van der Waals surface area (Å²) in [6.45, 7) is 9.80. The first-order valence-electron chi connectivity index (χ1n) is 10.1. The van der Waals surface area contributed by atoms with Gasteiger partial charge in [-0.2, -0.15) is 0 Å². The van der Waals surface area contributed by atoms with Gasteiger partial charge >= 0.3 is 0 Å². The second-order valence-electron chi connectivity index (χ2n) is 7.42. The van der Waals surface area contributed by atoms with Gasteiger partial charge in [0.2, 0.25) is 0 Å². The van der Waals surface area contributed by atoms with Gasteiger partial charge < -0.3 is 15.5 Å². The van der Waals surface area contributed by atoms with Gasteiger partial charge in [0, 0.05) is 51.9 Å². The van der Waals surface area contributed by atoms with Crippen molar-refractivity contribution in [2.24, 2.45) is 4.99 Å². The third-order valence-electron chi connectivity index (χ3n) is 5.50. The molecule has 1 saturated heterocycles. The fourth-order valence-corrected chi connectivity index (χ4v) is 3.35. The summed E-state index contributed by atoms with van der Waals surface area (Å²) in [5, 5.41) is 7.06. The number of likely N-dealkylation sites (N-methyl/N-ethyl adjacent to an activating group) is 1. The molecule has 1 fully saturated rings. The molecule has 5 nitrogen and oxygen atoms in total. The molecule has 1 heterocycles. The predicted molar refractivity (Wildman–Crippen MR) is 112 cm³/mol. The van der Waals surface area contributed by atoms with Gasteiger partial charge in [-0.3, -0.25) is 9.89 Å². The number of aliphatic imine (C=N–C) groups is 1. The Morgan fingerprint density at radius 3 is 2.58 bits per heavy atom. The minimum atomic E-state index is 0.514. The summed E-state index contributed by atoms with van der Waals surface area (Å²) in [7, 11) is 4.05. The molecule has 0 radical (unpaired) electrons. The summed E-state index contributed by atoms with van der Waals surface area (Å²) < 4.78 is 0. The van der Waals surface area contributed by atoms with Crippen LogP contribution in [0.25, 0.3) is 0 Å². The average molecular weight is 360 g/mol. The van der Waals surface area contributed by atoms with Gasteiger partial charge in [-0.05, 0) is 38.8 Å². The van der Waals surface area contributed by atoms with Crippen molar-refractivity contribution in [2.75, 3.05) is 40.3 Å². The molecule has 26 heavy (non-hydrogen) atoms. The summed E-state index contributed by atoms with van der Waals surface area (Å²) >= 11 is 0. The molecule has 1 aliphatic rings. The number of rotatable bonds is 8. The zero-order chi connectivity index (χ0) is 18.8. The van der Waals surface area contributed by atoms with Crippen LogP contribution in [0.15, 0.2) is 35.3 Å². The topological polar surface area (TPSA) is 42.9 Å². The molecule has 5 heteroatoms. The maximum atomic E-state index is 4.39. The van der Waals surface area contributed by atoms with E-state index in [0.29, 0.717) is 12.1 Å². The van der Waals surface area contributed by atoms with Gasteiger partial charge in [0.05, 0.1) is 0 Å². The van der Waals surface area contributed by atoms with Crippen molar-refractivity contribution >= 4 is 5.96 Å². The first-order chi connectivity index (χ1) is 12.6. The zero-order valence-electron chi connectivity index (χ0n) is 17.0. The van der Waals surface area contributed by atoms with Crippen molar-refractivity contribution in [1.82, 2.24) is 20.4 Å². The second kappa shape index (κ2) is 11.2. The van der Waals surface area contributed by atoms with Gasteiger partial charge in [0.15, 0.2) is 5.96 Å². The van der Waals surface area contributed by atoms with E-state index in [0.717, 1.165) is 38.7 Å². The third-order valence-corrected chi connectivity index (χ3v) is 5.50. The Labute approximate surface area is 159 Å². The van der Waals surface area contributed by atoms with Crippen molar-refractivity contribution in [3.8, 4) is 0 Å². The van der Waals surface area contributed by atoms with Gasteiger partial charge in [-0.1, -0.05) is 37.3 Å². The largest absolute Gasteiger partial charge is 0.355 e. The van der Waals surface area contributed by atoms with E-state index in [1.54, 1.807) is 0 Å². The fraction of sp³-hybridized carbons (Fsp3) is 0.667. The lowest BCUT2D eigenvalue weighted by Crippen LogP contribution is -2.49. The minimum absolute atomic E-state index is 0.514. The Morgan fingerprint density at radius 1 is 1.27 bits per heavy atom. The Morgan fingerprint density at radius 2 is 1.96 bits per heavy atom. The molecular formula is C21H37N5. The maximum absolute atomic E-state index is 4.39. The van der Waals surface area contributed by atoms with Crippen LogP contribution < -0.4 is 10.6 Å². The molecule has 0 amide bonds. The number of nitrogens with zero attached hydrogens (tertiary/aromatic N) is 3. The van der Waals surface area contributed by atoms with E-state index < -0.39 is 0 Å². The second-order valence-corrected chi connectivity index (χ2v) is 7.42. The Bertz CT molecular complexity index is 522. The lowest BCUT2D eigenvalue weighted by atomic mass is 10.0. The van der Waals surface area contributed by atoms with Gasteiger partial charge in [0.1, 0.15) is 0 Å². The van der Waals surface area contributed by atoms with Crippen LogP contribution >= 0.6 is 0 Å². The van der Waals surface area contributed by atoms with Crippen LogP contribution in [0.3, 0.4) is 0 Å². The number of hydrogen-bond donors (Lipinski definition) is 2. The van der Waals surface area contributed by atoms with Crippen molar-refractivity contribution in [1.29, 1.82) is 0 Å². The normalized spacial score (nSPS) is 18.1. The molecule has 0 saturated carbocycles. The molecule has 0 spiro atoms. The number of benzene rings is 1. The van der Waals surface area contributed by atoms with E-state index in [1.807, 2.05) is 7.05 Å². The summed E-state index contributed by atoms with van der Waals surface area (Å²) in [5.74, 6) is 0.934. The third kappa shape index (κ3) is 6.96. The highest BCUT2D eigenvalue weighted by Gasteiger charge is 2.20. The first kappa shape index (κ1) is 20.7. The number of likely N-dealkylation sites (tertiary alicyclic amines) is 1. The molecule has 0 aromatic heterocycles. The van der Waals surface area contributed by atoms with Crippen molar-refractivity contribution in [3.05, 3.63) is 35.9 Å². The van der Waals surface area contributed by atoms with E-state index in [1.165, 1.54) is 24.8 Å². The van der Waals surface area contributed by atoms with Crippen LogP contribution in [-0.4, -0.2) is 68.1 Å². The van der Waals surface area contributed by atoms with Crippen molar-refractivity contribution < 1.29 is 0 Å². The molecule has 1 aromatic carbocycles. The monoisotopic (exact) mass is 359 g/mol. The van der Waals surface area contributed by atoms with Crippen LogP contribution in [-0.2, 0) is 6.54 Å². The molecule has 1 unspecified atom stereocenters. The van der Waals surface area contributed by atoms with Gasteiger partial charge in [0.25, 0.3) is 0 Å². The minimum Gasteiger partial charge on any atom is -0.355 e. The Hall–Kier alpha value is -1.59. The molecule has 2 N–H and O–H groups in total. The van der Waals surface area contributed by atoms with E-state index in [2.05, 4.69) is 76.7 Å². The van der Waals surface area contributed by atoms with E-state index in [9.17, 15) is 0 Å². The lowest BCUT2D eigenvalue weighted by Gasteiger charge is -2.33. The van der Waals surface area contributed by atoms with Crippen LogP contribution in [0.1, 0.15) is 38.7 Å². The molecular weight excluding hydrogens is 322 g/mol. The smallest absolute Gasteiger partial charge is 0.191 e. The van der Waals surface area contributed by atoms with Crippen LogP contribution in [0.5, 0.6) is 0 Å². The Balaban J connectivity index is 1.67. The molecule has 0 bridgehead atoms. The van der Waals surface area contributed by atoms with E-state index in [-0.39, 0.29) is 0 Å². The maximum Gasteiger partial charge on any atom is 0.191 e. The first-order valence-corrected chi connectivity index (χ1v) is 10.1. The number of nitrogens with one attached hydrogen (secondary N) is 2. The van der Waals surface area contributed by atoms with Crippen LogP contribution in [0.4, 0.5) is 0 Å². The molecule has 1 aliphatic heterocycles. The average Bonchev–Trinajstić information content (AvgIpc) is 2.68. The van der Waals surface area contributed by atoms with E-state index in [4.69, 9.17) is 0 Å². The molecule has 1 atom stereocenters. The quantitative estimate of drug-likeness (QED) is 0.553. The molecule has 146 valence electrons. The Kier molecular flexibility index (Phi) is 8.92.